The third-order valence-electron chi connectivity index (χ3n) is 6.89. The third-order valence-corrected chi connectivity index (χ3v) is 8.80. The van der Waals surface area contributed by atoms with Crippen molar-refractivity contribution >= 4 is 16.0 Å². The molecule has 4 atom stereocenters. The second-order valence-electron chi connectivity index (χ2n) is 8.67. The summed E-state index contributed by atoms with van der Waals surface area (Å²) in [4.78, 5) is 13.9. The van der Waals surface area contributed by atoms with Gasteiger partial charge in [0.25, 0.3) is 0 Å². The Hall–Kier alpha value is -1.70. The number of nitrogens with zero attached hydrogens (tertiary/aromatic N) is 2. The van der Waals surface area contributed by atoms with E-state index in [0.717, 1.165) is 50.4 Å². The van der Waals surface area contributed by atoms with Crippen molar-refractivity contribution in [3.63, 3.8) is 0 Å². The minimum Gasteiger partial charge on any atom is -0.478 e. The van der Waals surface area contributed by atoms with E-state index >= 15 is 0 Å². The number of carbonyl (C=O) groups is 1. The average Bonchev–Trinajstić information content (AvgIpc) is 2.69. The summed E-state index contributed by atoms with van der Waals surface area (Å²) in [7, 11) is -3.63. The smallest absolute Gasteiger partial charge is 0.327 e. The maximum absolute atomic E-state index is 13.6. The summed E-state index contributed by atoms with van der Waals surface area (Å²) in [6, 6.07) is 7.28. The zero-order valence-corrected chi connectivity index (χ0v) is 17.7. The first-order chi connectivity index (χ1) is 13.9. The molecule has 0 aliphatic carbocycles. The number of carboxylic acid groups (broad SMARTS) is 1. The van der Waals surface area contributed by atoms with Crippen LogP contribution in [0.5, 0.6) is 0 Å². The number of aryl methyl sites for hydroxylation is 1. The van der Waals surface area contributed by atoms with E-state index in [1.807, 2.05) is 19.1 Å². The third kappa shape index (κ3) is 4.00. The van der Waals surface area contributed by atoms with Crippen molar-refractivity contribution in [1.82, 2.24) is 9.21 Å². The van der Waals surface area contributed by atoms with Crippen LogP contribution in [0.25, 0.3) is 0 Å². The van der Waals surface area contributed by atoms with Crippen LogP contribution in [0.3, 0.4) is 0 Å². The monoisotopic (exact) mass is 418 g/mol. The Labute approximate surface area is 173 Å². The van der Waals surface area contributed by atoms with Crippen molar-refractivity contribution in [3.8, 4) is 0 Å². The van der Waals surface area contributed by atoms with Gasteiger partial charge in [0.15, 0.2) is 0 Å². The Morgan fingerprint density at radius 2 is 1.86 bits per heavy atom. The standard InChI is InChI=1S/C22H30N2O4S/c1-16-9-11-18(12-10-16)29(27,28)24-15-17-5-3-13-23-14-4-6-19(22(17)23)20(24)7-2-8-21(25)26/h2,8-12,17,19-20,22H,3-7,13-15H2,1H3,(H,25,26)/b8-2+/t17-,19+,20+,22-/m0/s1. The molecule has 0 amide bonds. The van der Waals surface area contributed by atoms with E-state index in [-0.39, 0.29) is 12.0 Å². The largest absolute Gasteiger partial charge is 0.478 e. The Morgan fingerprint density at radius 3 is 2.55 bits per heavy atom. The van der Waals surface area contributed by atoms with Crippen molar-refractivity contribution in [1.29, 1.82) is 0 Å². The van der Waals surface area contributed by atoms with Gasteiger partial charge in [-0.25, -0.2) is 13.2 Å². The highest BCUT2D eigenvalue weighted by Gasteiger charge is 2.51. The summed E-state index contributed by atoms with van der Waals surface area (Å²) in [5, 5.41) is 9.01. The molecule has 0 saturated carbocycles. The van der Waals surface area contributed by atoms with E-state index in [0.29, 0.717) is 29.8 Å². The van der Waals surface area contributed by atoms with Crippen LogP contribution in [0.1, 0.15) is 37.7 Å². The van der Waals surface area contributed by atoms with Crippen LogP contribution >= 0.6 is 0 Å². The number of hydrogen-bond donors (Lipinski definition) is 1. The normalized spacial score (nSPS) is 30.9. The Balaban J connectivity index is 1.71. The number of carboxylic acids is 1. The number of sulfonamides is 1. The van der Waals surface area contributed by atoms with E-state index in [2.05, 4.69) is 4.90 Å². The molecule has 3 fully saturated rings. The summed E-state index contributed by atoms with van der Waals surface area (Å²) < 4.78 is 28.9. The SMILES string of the molecule is Cc1ccc(S(=O)(=O)N2C[C@@H]3CCCN4CCC[C@@H]([C@H]34)[C@H]2C/C=C/C(=O)O)cc1. The fourth-order valence-corrected chi connectivity index (χ4v) is 7.42. The van der Waals surface area contributed by atoms with Gasteiger partial charge >= 0.3 is 5.97 Å². The lowest BCUT2D eigenvalue weighted by Crippen LogP contribution is -2.65. The molecule has 7 heteroatoms. The molecule has 3 heterocycles. The molecule has 3 saturated heterocycles. The molecule has 0 spiro atoms. The summed E-state index contributed by atoms with van der Waals surface area (Å²) in [5.41, 5.74) is 1.03. The minimum absolute atomic E-state index is 0.195. The lowest BCUT2D eigenvalue weighted by Gasteiger charge is -2.56. The van der Waals surface area contributed by atoms with Gasteiger partial charge in [-0.15, -0.1) is 0 Å². The summed E-state index contributed by atoms with van der Waals surface area (Å²) in [6.07, 6.45) is 7.48. The van der Waals surface area contributed by atoms with E-state index in [1.54, 1.807) is 22.5 Å². The Morgan fingerprint density at radius 1 is 1.17 bits per heavy atom. The maximum atomic E-state index is 13.6. The Kier molecular flexibility index (Phi) is 5.82. The van der Waals surface area contributed by atoms with Gasteiger partial charge in [0.1, 0.15) is 0 Å². The van der Waals surface area contributed by atoms with Gasteiger partial charge in [-0.3, -0.25) is 4.90 Å². The van der Waals surface area contributed by atoms with Gasteiger partial charge < -0.3 is 5.11 Å². The first kappa shape index (κ1) is 20.6. The zero-order valence-electron chi connectivity index (χ0n) is 16.9. The molecule has 0 radical (unpaired) electrons. The van der Waals surface area contributed by atoms with E-state index in [9.17, 15) is 13.2 Å². The van der Waals surface area contributed by atoms with Crippen molar-refractivity contribution in [2.45, 2.75) is 56.0 Å². The highest BCUT2D eigenvalue weighted by molar-refractivity contribution is 7.89. The van der Waals surface area contributed by atoms with Crippen LogP contribution in [0.4, 0.5) is 0 Å². The van der Waals surface area contributed by atoms with Gasteiger partial charge in [0, 0.05) is 24.7 Å². The molecule has 0 unspecified atom stereocenters. The number of benzene rings is 1. The molecule has 3 aliphatic rings. The molecular weight excluding hydrogens is 388 g/mol. The van der Waals surface area contributed by atoms with Crippen molar-refractivity contribution in [2.24, 2.45) is 11.8 Å². The second kappa shape index (κ2) is 8.20. The molecule has 158 valence electrons. The zero-order chi connectivity index (χ0) is 20.6. The van der Waals surface area contributed by atoms with Crippen LogP contribution in [-0.4, -0.2) is 60.4 Å². The van der Waals surface area contributed by atoms with Crippen molar-refractivity contribution < 1.29 is 18.3 Å². The number of rotatable bonds is 5. The van der Waals surface area contributed by atoms with E-state index in [4.69, 9.17) is 5.11 Å². The molecular formula is C22H30N2O4S. The predicted molar refractivity (Wildman–Crippen MR) is 111 cm³/mol. The van der Waals surface area contributed by atoms with Crippen LogP contribution in [0, 0.1) is 18.8 Å². The molecule has 1 aromatic rings. The first-order valence-electron chi connectivity index (χ1n) is 10.6. The summed E-state index contributed by atoms with van der Waals surface area (Å²) in [5.74, 6) is -0.384. The molecule has 0 bridgehead atoms. The molecule has 0 aromatic heterocycles. The van der Waals surface area contributed by atoms with Gasteiger partial charge in [0.2, 0.25) is 10.0 Å². The van der Waals surface area contributed by atoms with E-state index in [1.165, 1.54) is 0 Å². The number of aliphatic carboxylic acids is 1. The van der Waals surface area contributed by atoms with E-state index < -0.39 is 16.0 Å². The van der Waals surface area contributed by atoms with Gasteiger partial charge in [-0.05, 0) is 76.1 Å². The van der Waals surface area contributed by atoms with Crippen molar-refractivity contribution in [2.75, 3.05) is 19.6 Å². The summed E-state index contributed by atoms with van der Waals surface area (Å²) >= 11 is 0. The number of hydrogen-bond acceptors (Lipinski definition) is 4. The summed E-state index contributed by atoms with van der Waals surface area (Å²) in [6.45, 7) is 4.67. The molecule has 6 nitrogen and oxygen atoms in total. The Bertz CT molecular complexity index is 879. The minimum atomic E-state index is -3.63. The van der Waals surface area contributed by atoms with Gasteiger partial charge in [-0.2, -0.15) is 4.31 Å². The van der Waals surface area contributed by atoms with Crippen molar-refractivity contribution in [3.05, 3.63) is 42.0 Å². The molecule has 3 aliphatic heterocycles. The second-order valence-corrected chi connectivity index (χ2v) is 10.6. The van der Waals surface area contributed by atoms with Crippen LogP contribution < -0.4 is 0 Å². The highest BCUT2D eigenvalue weighted by atomic mass is 32.2. The van der Waals surface area contributed by atoms with Gasteiger partial charge in [0.05, 0.1) is 4.90 Å². The highest BCUT2D eigenvalue weighted by Crippen LogP contribution is 2.44. The molecule has 1 aromatic carbocycles. The lowest BCUT2D eigenvalue weighted by molar-refractivity contribution is -0.131. The van der Waals surface area contributed by atoms with Crippen LogP contribution in [0.2, 0.25) is 0 Å². The topological polar surface area (TPSA) is 77.9 Å². The number of piperidine rings is 3. The first-order valence-corrected chi connectivity index (χ1v) is 12.0. The van der Waals surface area contributed by atoms with Crippen LogP contribution in [-0.2, 0) is 14.8 Å². The van der Waals surface area contributed by atoms with Crippen LogP contribution in [0.15, 0.2) is 41.3 Å². The predicted octanol–water partition coefficient (Wildman–Crippen LogP) is 2.89. The average molecular weight is 419 g/mol. The molecule has 29 heavy (non-hydrogen) atoms. The quantitative estimate of drug-likeness (QED) is 0.744. The lowest BCUT2D eigenvalue weighted by atomic mass is 9.70. The maximum Gasteiger partial charge on any atom is 0.327 e. The molecule has 4 rings (SSSR count). The van der Waals surface area contributed by atoms with Gasteiger partial charge in [-0.1, -0.05) is 23.8 Å². The molecule has 1 N–H and O–H groups in total. The fraction of sp³-hybridized carbons (Fsp3) is 0.591. The fourth-order valence-electron chi connectivity index (χ4n) is 5.68.